The number of esters is 1. The Bertz CT molecular complexity index is 518. The van der Waals surface area contributed by atoms with Crippen molar-refractivity contribution in [3.8, 4) is 0 Å². The molecule has 0 bridgehead atoms. The third-order valence-electron chi connectivity index (χ3n) is 4.17. The number of morpholine rings is 1. The Labute approximate surface area is 128 Å². The second-order valence-corrected chi connectivity index (χ2v) is 6.17. The Hall–Kier alpha value is -1.34. The molecule has 1 aliphatic heterocycles. The molecule has 3 rings (SSSR count). The van der Waals surface area contributed by atoms with Crippen LogP contribution in [0.15, 0.2) is 0 Å². The number of carbonyl (C=O) groups excluding carboxylic acids is 1. The minimum Gasteiger partial charge on any atom is -0.462 e. The normalized spacial score (nSPS) is 25.5. The first-order valence-electron chi connectivity index (χ1n) is 7.53. The summed E-state index contributed by atoms with van der Waals surface area (Å²) in [6.07, 6.45) is 4.84. The summed E-state index contributed by atoms with van der Waals surface area (Å²) in [4.78, 5) is 14.4. The van der Waals surface area contributed by atoms with Gasteiger partial charge in [0.05, 0.1) is 25.4 Å². The molecule has 2 heterocycles. The third-order valence-corrected chi connectivity index (χ3v) is 5.07. The maximum Gasteiger partial charge on any atom is 0.345 e. The van der Waals surface area contributed by atoms with Crippen LogP contribution in [-0.2, 0) is 9.47 Å². The zero-order valence-electron chi connectivity index (χ0n) is 12.2. The van der Waals surface area contributed by atoms with Gasteiger partial charge in [-0.25, -0.2) is 4.79 Å². The predicted molar refractivity (Wildman–Crippen MR) is 81.8 cm³/mol. The molecule has 2 aliphatic rings. The van der Waals surface area contributed by atoms with Gasteiger partial charge < -0.3 is 20.1 Å². The van der Waals surface area contributed by atoms with Gasteiger partial charge in [0.1, 0.15) is 10.6 Å². The molecule has 0 amide bonds. The first kappa shape index (κ1) is 14.6. The fourth-order valence-electron chi connectivity index (χ4n) is 3.23. The Kier molecular flexibility index (Phi) is 4.30. The molecule has 7 heteroatoms. The summed E-state index contributed by atoms with van der Waals surface area (Å²) in [6.45, 7) is 3.58. The van der Waals surface area contributed by atoms with Crippen molar-refractivity contribution in [2.24, 2.45) is 0 Å². The van der Waals surface area contributed by atoms with Gasteiger partial charge in [0.15, 0.2) is 5.82 Å². The number of fused-ring (bicyclic) bond motifs is 1. The minimum atomic E-state index is -0.377. The number of nitrogens with two attached hydrogens (primary N) is 1. The molecule has 2 atom stereocenters. The van der Waals surface area contributed by atoms with E-state index in [0.717, 1.165) is 24.4 Å². The van der Waals surface area contributed by atoms with Crippen LogP contribution in [0, 0.1) is 0 Å². The van der Waals surface area contributed by atoms with Crippen LogP contribution in [0.1, 0.15) is 43.0 Å². The van der Waals surface area contributed by atoms with Gasteiger partial charge >= 0.3 is 5.97 Å². The van der Waals surface area contributed by atoms with Crippen molar-refractivity contribution >= 4 is 28.3 Å². The Morgan fingerprint density at radius 3 is 3.14 bits per heavy atom. The van der Waals surface area contributed by atoms with Gasteiger partial charge in [0.25, 0.3) is 0 Å². The number of anilines is 2. The van der Waals surface area contributed by atoms with E-state index in [1.165, 1.54) is 24.4 Å². The van der Waals surface area contributed by atoms with Gasteiger partial charge in [-0.05, 0) is 31.3 Å². The summed E-state index contributed by atoms with van der Waals surface area (Å²) in [5.74, 6) is -0.107. The van der Waals surface area contributed by atoms with Gasteiger partial charge in [-0.15, -0.1) is 0 Å². The lowest BCUT2D eigenvalue weighted by Crippen LogP contribution is -2.53. The Morgan fingerprint density at radius 2 is 2.33 bits per heavy atom. The molecule has 116 valence electrons. The van der Waals surface area contributed by atoms with E-state index in [0.29, 0.717) is 24.8 Å². The molecule has 1 aliphatic carbocycles. The zero-order chi connectivity index (χ0) is 14.8. The molecular formula is C14H21N3O3S. The second kappa shape index (κ2) is 6.19. The van der Waals surface area contributed by atoms with Crippen LogP contribution in [0.25, 0.3) is 0 Å². The van der Waals surface area contributed by atoms with Crippen molar-refractivity contribution in [2.45, 2.75) is 44.8 Å². The highest BCUT2D eigenvalue weighted by Crippen LogP contribution is 2.38. The monoisotopic (exact) mass is 311 g/mol. The third kappa shape index (κ3) is 2.72. The topological polar surface area (TPSA) is 77.7 Å². The second-order valence-electron chi connectivity index (χ2n) is 5.42. The maximum absolute atomic E-state index is 12.2. The maximum atomic E-state index is 12.2. The first-order chi connectivity index (χ1) is 10.2. The average molecular weight is 311 g/mol. The number of rotatable bonds is 3. The van der Waals surface area contributed by atoms with Gasteiger partial charge in [-0.2, -0.15) is 4.37 Å². The van der Waals surface area contributed by atoms with Gasteiger partial charge in [-0.3, -0.25) is 0 Å². The van der Waals surface area contributed by atoms with Gasteiger partial charge in [0.2, 0.25) is 0 Å². The van der Waals surface area contributed by atoms with E-state index in [-0.39, 0.29) is 17.9 Å². The average Bonchev–Trinajstić information content (AvgIpc) is 2.88. The lowest BCUT2D eigenvalue weighted by Gasteiger charge is -2.44. The zero-order valence-corrected chi connectivity index (χ0v) is 13.0. The molecule has 1 saturated heterocycles. The van der Waals surface area contributed by atoms with E-state index >= 15 is 0 Å². The molecule has 21 heavy (non-hydrogen) atoms. The van der Waals surface area contributed by atoms with E-state index in [2.05, 4.69) is 9.27 Å². The van der Waals surface area contributed by atoms with E-state index in [4.69, 9.17) is 15.2 Å². The van der Waals surface area contributed by atoms with Crippen LogP contribution in [0.3, 0.4) is 0 Å². The molecular weight excluding hydrogens is 290 g/mol. The SMILES string of the molecule is CCOC(=O)c1c(N)nsc1N1CCOC2CCCCC21. The molecule has 2 unspecified atom stereocenters. The highest BCUT2D eigenvalue weighted by Gasteiger charge is 2.37. The van der Waals surface area contributed by atoms with E-state index < -0.39 is 0 Å². The molecule has 0 radical (unpaired) electrons. The van der Waals surface area contributed by atoms with Crippen molar-refractivity contribution in [1.29, 1.82) is 0 Å². The van der Waals surface area contributed by atoms with Crippen LogP contribution in [0.2, 0.25) is 0 Å². The van der Waals surface area contributed by atoms with E-state index in [1.54, 1.807) is 6.92 Å². The standard InChI is InChI=1S/C14H21N3O3S/c1-2-19-14(18)11-12(15)16-21-13(11)17-7-8-20-10-6-4-3-5-9(10)17/h9-10H,2-8H2,1H3,(H2,15,16). The summed E-state index contributed by atoms with van der Waals surface area (Å²) in [5, 5.41) is 0.839. The van der Waals surface area contributed by atoms with Crippen molar-refractivity contribution in [3.63, 3.8) is 0 Å². The van der Waals surface area contributed by atoms with Crippen LogP contribution in [0.5, 0.6) is 0 Å². The number of ether oxygens (including phenoxy) is 2. The van der Waals surface area contributed by atoms with Crippen LogP contribution < -0.4 is 10.6 Å². The molecule has 0 aromatic carbocycles. The van der Waals surface area contributed by atoms with Crippen LogP contribution >= 0.6 is 11.5 Å². The van der Waals surface area contributed by atoms with Crippen molar-refractivity contribution < 1.29 is 14.3 Å². The lowest BCUT2D eigenvalue weighted by atomic mass is 9.90. The number of nitrogen functional groups attached to an aromatic ring is 1. The summed E-state index contributed by atoms with van der Waals surface area (Å²) in [7, 11) is 0. The van der Waals surface area contributed by atoms with Crippen molar-refractivity contribution in [3.05, 3.63) is 5.56 Å². The van der Waals surface area contributed by atoms with Crippen molar-refractivity contribution in [1.82, 2.24) is 4.37 Å². The lowest BCUT2D eigenvalue weighted by molar-refractivity contribution is -0.00853. The van der Waals surface area contributed by atoms with Crippen LogP contribution in [-0.4, -0.2) is 42.2 Å². The molecule has 6 nitrogen and oxygen atoms in total. The number of carbonyl (C=O) groups is 1. The smallest absolute Gasteiger partial charge is 0.345 e. The quantitative estimate of drug-likeness (QED) is 0.861. The first-order valence-corrected chi connectivity index (χ1v) is 8.30. The minimum absolute atomic E-state index is 0.255. The molecule has 0 spiro atoms. The van der Waals surface area contributed by atoms with E-state index in [9.17, 15) is 4.79 Å². The van der Waals surface area contributed by atoms with Gasteiger partial charge in [-0.1, -0.05) is 12.8 Å². The highest BCUT2D eigenvalue weighted by atomic mass is 32.1. The Morgan fingerprint density at radius 1 is 1.52 bits per heavy atom. The van der Waals surface area contributed by atoms with Crippen LogP contribution in [0.4, 0.5) is 10.8 Å². The fourth-order valence-corrected chi connectivity index (χ4v) is 4.12. The van der Waals surface area contributed by atoms with Gasteiger partial charge in [0, 0.05) is 6.54 Å². The summed E-state index contributed by atoms with van der Waals surface area (Å²) in [6, 6.07) is 0.320. The summed E-state index contributed by atoms with van der Waals surface area (Å²) in [5.41, 5.74) is 6.31. The summed E-state index contributed by atoms with van der Waals surface area (Å²) >= 11 is 1.29. The molecule has 2 N–H and O–H groups in total. The number of nitrogens with zero attached hydrogens (tertiary/aromatic N) is 2. The summed E-state index contributed by atoms with van der Waals surface area (Å²) < 4.78 is 15.2. The van der Waals surface area contributed by atoms with E-state index in [1.807, 2.05) is 0 Å². The number of hydrogen-bond donors (Lipinski definition) is 1. The predicted octanol–water partition coefficient (Wildman–Crippen LogP) is 2.05. The Balaban J connectivity index is 1.90. The number of hydrogen-bond acceptors (Lipinski definition) is 7. The van der Waals surface area contributed by atoms with Crippen molar-refractivity contribution in [2.75, 3.05) is 30.4 Å². The molecule has 2 fully saturated rings. The molecule has 1 aromatic rings. The fraction of sp³-hybridized carbons (Fsp3) is 0.714. The number of aromatic nitrogens is 1. The largest absolute Gasteiger partial charge is 0.462 e. The molecule has 1 aromatic heterocycles. The highest BCUT2D eigenvalue weighted by molar-refractivity contribution is 7.11. The molecule has 1 saturated carbocycles.